The predicted octanol–water partition coefficient (Wildman–Crippen LogP) is 5.16. The number of aliphatic carboxylic acids is 1. The molecule has 1 N–H and O–H groups in total. The highest BCUT2D eigenvalue weighted by atomic mass is 28.4. The van der Waals surface area contributed by atoms with E-state index in [0.717, 1.165) is 15.9 Å². The third kappa shape index (κ3) is 7.95. The van der Waals surface area contributed by atoms with Crippen LogP contribution in [0.2, 0.25) is 5.04 Å². The summed E-state index contributed by atoms with van der Waals surface area (Å²) in [6.45, 7) is 10.4. The zero-order valence-corrected chi connectivity index (χ0v) is 27.9. The first kappa shape index (κ1) is 34.5. The largest absolute Gasteiger partial charge is 0.480 e. The van der Waals surface area contributed by atoms with E-state index >= 15 is 0 Å². The Morgan fingerprint density at radius 1 is 0.795 bits per heavy atom. The number of rotatable bonds is 13. The fourth-order valence-corrected chi connectivity index (χ4v) is 10.3. The second-order valence-electron chi connectivity index (χ2n) is 12.3. The molecule has 0 fully saturated rings. The predicted molar refractivity (Wildman–Crippen MR) is 175 cm³/mol. The van der Waals surface area contributed by atoms with Crippen LogP contribution in [0.3, 0.4) is 0 Å². The lowest BCUT2D eigenvalue weighted by molar-refractivity contribution is -0.153. The molecule has 0 heterocycles. The average molecular weight is 619 g/mol. The number of hydrogen-bond acceptors (Lipinski definition) is 5. The van der Waals surface area contributed by atoms with Crippen LogP contribution >= 0.6 is 0 Å². The molecule has 9 heteroatoms. The third-order valence-electron chi connectivity index (χ3n) is 8.30. The molecule has 0 unspecified atom stereocenters. The monoisotopic (exact) mass is 618 g/mol. The second-order valence-corrected chi connectivity index (χ2v) is 16.6. The van der Waals surface area contributed by atoms with Crippen LogP contribution in [-0.4, -0.2) is 74.0 Å². The number of ether oxygens (including phenoxy) is 1. The van der Waals surface area contributed by atoms with Crippen LogP contribution in [0.1, 0.15) is 46.6 Å². The van der Waals surface area contributed by atoms with Gasteiger partial charge in [0.15, 0.2) is 0 Å². The van der Waals surface area contributed by atoms with Crippen molar-refractivity contribution in [2.75, 3.05) is 20.7 Å². The summed E-state index contributed by atoms with van der Waals surface area (Å²) < 4.78 is 12.3. The van der Waals surface area contributed by atoms with Crippen LogP contribution in [-0.2, 0) is 25.4 Å². The zero-order chi connectivity index (χ0) is 32.5. The van der Waals surface area contributed by atoms with Gasteiger partial charge in [0.25, 0.3) is 8.32 Å². The van der Waals surface area contributed by atoms with Gasteiger partial charge in [0.1, 0.15) is 18.7 Å². The van der Waals surface area contributed by atoms with Crippen LogP contribution in [0.4, 0.5) is 4.79 Å². The van der Waals surface area contributed by atoms with Crippen LogP contribution in [0.25, 0.3) is 0 Å². The molecular weight excluding hydrogens is 572 g/mol. The van der Waals surface area contributed by atoms with Gasteiger partial charge in [-0.2, -0.15) is 0 Å². The van der Waals surface area contributed by atoms with Gasteiger partial charge in [0, 0.05) is 20.7 Å². The smallest absolute Gasteiger partial charge is 0.410 e. The van der Waals surface area contributed by atoms with Gasteiger partial charge in [-0.1, -0.05) is 119 Å². The molecule has 3 atom stereocenters. The molecule has 3 rings (SSSR count). The SMILES string of the molecule is C[C@H](CCO[Si](c1ccccc1)(c1ccccc1)C(C)(C)C)[C@@H](C(=O)O)N(C)C(=O)[C@H](C)N(C)C(=O)OCc1ccccc1. The summed E-state index contributed by atoms with van der Waals surface area (Å²) in [6.07, 6.45) is -0.246. The molecule has 0 saturated heterocycles. The van der Waals surface area contributed by atoms with Crippen molar-refractivity contribution in [1.82, 2.24) is 9.80 Å². The first-order chi connectivity index (χ1) is 20.8. The van der Waals surface area contributed by atoms with Gasteiger partial charge in [-0.15, -0.1) is 0 Å². The molecule has 0 radical (unpaired) electrons. The second kappa shape index (κ2) is 15.2. The van der Waals surface area contributed by atoms with E-state index in [4.69, 9.17) is 9.16 Å². The number of carboxylic acids is 1. The number of benzene rings is 3. The van der Waals surface area contributed by atoms with E-state index < -0.39 is 44.3 Å². The maximum absolute atomic E-state index is 13.4. The van der Waals surface area contributed by atoms with Crippen molar-refractivity contribution in [2.24, 2.45) is 5.92 Å². The number of hydrogen-bond donors (Lipinski definition) is 1. The van der Waals surface area contributed by atoms with Gasteiger partial charge < -0.3 is 19.2 Å². The Morgan fingerprint density at radius 3 is 1.73 bits per heavy atom. The summed E-state index contributed by atoms with van der Waals surface area (Å²) in [5, 5.41) is 12.3. The minimum absolute atomic E-state index is 0.0703. The highest BCUT2D eigenvalue weighted by Crippen LogP contribution is 2.37. The molecule has 0 aliphatic heterocycles. The van der Waals surface area contributed by atoms with Crippen molar-refractivity contribution in [3.8, 4) is 0 Å². The van der Waals surface area contributed by atoms with E-state index in [1.807, 2.05) is 73.7 Å². The van der Waals surface area contributed by atoms with Crippen molar-refractivity contribution in [3.05, 3.63) is 96.6 Å². The minimum Gasteiger partial charge on any atom is -0.480 e. The van der Waals surface area contributed by atoms with E-state index in [0.29, 0.717) is 13.0 Å². The lowest BCUT2D eigenvalue weighted by Crippen LogP contribution is -2.66. The van der Waals surface area contributed by atoms with Gasteiger partial charge in [-0.05, 0) is 40.2 Å². The normalized spacial score (nSPS) is 13.8. The molecule has 0 bridgehead atoms. The van der Waals surface area contributed by atoms with E-state index in [1.165, 1.54) is 23.9 Å². The molecular formula is C35H46N2O6Si. The Hall–Kier alpha value is -3.95. The molecule has 3 aromatic rings. The number of nitrogens with zero attached hydrogens (tertiary/aromatic N) is 2. The van der Waals surface area contributed by atoms with E-state index in [9.17, 15) is 19.5 Å². The molecule has 2 amide bonds. The maximum Gasteiger partial charge on any atom is 0.410 e. The molecule has 44 heavy (non-hydrogen) atoms. The first-order valence-corrected chi connectivity index (χ1v) is 16.9. The number of amides is 2. The van der Waals surface area contributed by atoms with Crippen molar-refractivity contribution in [2.45, 2.75) is 64.8 Å². The van der Waals surface area contributed by atoms with E-state index in [1.54, 1.807) is 6.92 Å². The van der Waals surface area contributed by atoms with Crippen molar-refractivity contribution < 1.29 is 28.7 Å². The Morgan fingerprint density at radius 2 is 1.27 bits per heavy atom. The summed E-state index contributed by atoms with van der Waals surface area (Å²) in [5.74, 6) is -2.03. The van der Waals surface area contributed by atoms with Crippen LogP contribution < -0.4 is 10.4 Å². The molecule has 0 spiro atoms. The quantitative estimate of drug-likeness (QED) is 0.266. The van der Waals surface area contributed by atoms with Gasteiger partial charge >= 0.3 is 12.1 Å². The lowest BCUT2D eigenvalue weighted by atomic mass is 9.97. The fourth-order valence-electron chi connectivity index (χ4n) is 5.68. The van der Waals surface area contributed by atoms with Crippen molar-refractivity contribution in [3.63, 3.8) is 0 Å². The highest BCUT2D eigenvalue weighted by Gasteiger charge is 2.50. The third-order valence-corrected chi connectivity index (χ3v) is 13.3. The molecule has 3 aromatic carbocycles. The Balaban J connectivity index is 1.73. The Labute approximate surface area is 262 Å². The van der Waals surface area contributed by atoms with Crippen molar-refractivity contribution in [1.29, 1.82) is 0 Å². The summed E-state index contributed by atoms with van der Waals surface area (Å²) in [5.41, 5.74) is 0.824. The summed E-state index contributed by atoms with van der Waals surface area (Å²) in [6, 6.07) is 27.7. The number of carboxylic acid groups (broad SMARTS) is 1. The molecule has 0 aliphatic carbocycles. The number of likely N-dealkylation sites (N-methyl/N-ethyl adjacent to an activating group) is 2. The van der Waals surface area contributed by atoms with Gasteiger partial charge in [0.05, 0.1) is 0 Å². The maximum atomic E-state index is 13.4. The van der Waals surface area contributed by atoms with E-state index in [2.05, 4.69) is 45.0 Å². The standard InChI is InChI=1S/C35H46N2O6Si/c1-26(23-24-43-44(35(3,4)5,29-19-13-9-14-20-29)30-21-15-10-16-22-30)31(33(39)40)37(7)32(38)27(2)36(6)34(41)42-25-28-17-11-8-12-18-28/h8-22,26-27,31H,23-25H2,1-7H3,(H,39,40)/t26-,27+,31+/m1/s1. The highest BCUT2D eigenvalue weighted by molar-refractivity contribution is 6.99. The topological polar surface area (TPSA) is 96.4 Å². The van der Waals surface area contributed by atoms with Crippen LogP contribution in [0, 0.1) is 5.92 Å². The minimum atomic E-state index is -2.79. The molecule has 236 valence electrons. The lowest BCUT2D eigenvalue weighted by Gasteiger charge is -2.43. The molecule has 8 nitrogen and oxygen atoms in total. The number of carbonyl (C=O) groups is 3. The van der Waals surface area contributed by atoms with E-state index in [-0.39, 0.29) is 11.6 Å². The summed E-state index contributed by atoms with van der Waals surface area (Å²) in [4.78, 5) is 41.0. The summed E-state index contributed by atoms with van der Waals surface area (Å²) >= 11 is 0. The fraction of sp³-hybridized carbons (Fsp3) is 0.400. The summed E-state index contributed by atoms with van der Waals surface area (Å²) in [7, 11) is 0.154. The molecule has 0 aromatic heterocycles. The zero-order valence-electron chi connectivity index (χ0n) is 26.9. The number of carbonyl (C=O) groups excluding carboxylic acids is 2. The first-order valence-electron chi connectivity index (χ1n) is 15.0. The Bertz CT molecular complexity index is 1320. The van der Waals surface area contributed by atoms with Crippen molar-refractivity contribution >= 4 is 36.7 Å². The molecule has 0 saturated carbocycles. The molecule has 0 aliphatic rings. The Kier molecular flexibility index (Phi) is 11.9. The van der Waals surface area contributed by atoms with Gasteiger partial charge in [-0.3, -0.25) is 9.69 Å². The van der Waals surface area contributed by atoms with Gasteiger partial charge in [-0.25, -0.2) is 9.59 Å². The van der Waals surface area contributed by atoms with Crippen LogP contribution in [0.5, 0.6) is 0 Å². The van der Waals surface area contributed by atoms with Crippen LogP contribution in [0.15, 0.2) is 91.0 Å². The average Bonchev–Trinajstić information content (AvgIpc) is 3.01. The van der Waals surface area contributed by atoms with Gasteiger partial charge in [0.2, 0.25) is 5.91 Å².